The third-order valence-electron chi connectivity index (χ3n) is 6.97. The molecule has 2 atom stereocenters. The summed E-state index contributed by atoms with van der Waals surface area (Å²) in [5.41, 5.74) is 2.67. The highest BCUT2D eigenvalue weighted by Gasteiger charge is 2.31. The molecule has 35 heavy (non-hydrogen) atoms. The molecule has 186 valence electrons. The lowest BCUT2D eigenvalue weighted by Gasteiger charge is -2.29. The number of aromatic nitrogens is 2. The monoisotopic (exact) mass is 499 g/mol. The number of aliphatic hydroxyl groups is 1. The average Bonchev–Trinajstić information content (AvgIpc) is 3.17. The molecule has 1 saturated carbocycles. The number of carbonyl (C=O) groups is 2. The first kappa shape index (κ1) is 24.0. The van der Waals surface area contributed by atoms with Crippen LogP contribution in [0.2, 0.25) is 5.02 Å². The van der Waals surface area contributed by atoms with Gasteiger partial charge in [0.15, 0.2) is 0 Å². The van der Waals surface area contributed by atoms with E-state index in [9.17, 15) is 14.7 Å². The van der Waals surface area contributed by atoms with E-state index < -0.39 is 6.10 Å². The normalized spacial score (nSPS) is 22.7. The maximum absolute atomic E-state index is 13.1. The van der Waals surface area contributed by atoms with Crippen molar-refractivity contribution in [2.24, 2.45) is 0 Å². The average molecular weight is 500 g/mol. The van der Waals surface area contributed by atoms with Gasteiger partial charge in [-0.3, -0.25) is 9.59 Å². The number of nitrogens with zero attached hydrogens (tertiary/aromatic N) is 3. The fourth-order valence-corrected chi connectivity index (χ4v) is 5.21. The minimum Gasteiger partial charge on any atom is -0.391 e. The summed E-state index contributed by atoms with van der Waals surface area (Å²) in [4.78, 5) is 36.1. The van der Waals surface area contributed by atoms with Crippen molar-refractivity contribution in [3.05, 3.63) is 40.5 Å². The molecule has 3 aliphatic rings. The molecule has 0 radical (unpaired) electrons. The molecule has 2 aliphatic heterocycles. The number of ether oxygens (including phenoxy) is 1. The summed E-state index contributed by atoms with van der Waals surface area (Å²) in [6, 6.07) is 5.56. The third-order valence-corrected chi connectivity index (χ3v) is 7.25. The zero-order valence-corrected chi connectivity index (χ0v) is 20.3. The van der Waals surface area contributed by atoms with Crippen LogP contribution in [0.3, 0.4) is 0 Å². The molecular weight excluding hydrogens is 470 g/mol. The van der Waals surface area contributed by atoms with Gasteiger partial charge in [0.1, 0.15) is 6.54 Å². The second-order valence-electron chi connectivity index (χ2n) is 9.48. The number of benzene rings is 1. The number of anilines is 1. The maximum Gasteiger partial charge on any atom is 0.254 e. The van der Waals surface area contributed by atoms with E-state index >= 15 is 0 Å². The van der Waals surface area contributed by atoms with Crippen LogP contribution >= 0.6 is 11.6 Å². The molecule has 9 nitrogen and oxygen atoms in total. The summed E-state index contributed by atoms with van der Waals surface area (Å²) in [7, 11) is 0. The standard InChI is InChI=1S/C25H30ClN5O4/c26-19-12-27-25(28-17-7-9-35-10-8-17)30-23(19)15-5-6-16-13-31(24(34)18(16)11-15)14-22(33)29-20-3-1-2-4-21(20)32/h5-6,11-12,17,20-21,32H,1-4,7-10,13-14H2,(H,29,33)(H,27,28,30)/t20-,21+/m1/s1. The van der Waals surface area contributed by atoms with Crippen LogP contribution < -0.4 is 10.6 Å². The van der Waals surface area contributed by atoms with Crippen molar-refractivity contribution < 1.29 is 19.4 Å². The van der Waals surface area contributed by atoms with Gasteiger partial charge in [-0.1, -0.05) is 36.6 Å². The van der Waals surface area contributed by atoms with Gasteiger partial charge in [0, 0.05) is 36.9 Å². The number of fused-ring (bicyclic) bond motifs is 1. The first-order chi connectivity index (χ1) is 17.0. The largest absolute Gasteiger partial charge is 0.391 e. The van der Waals surface area contributed by atoms with Crippen LogP contribution in [-0.2, 0) is 16.1 Å². The van der Waals surface area contributed by atoms with Crippen molar-refractivity contribution in [2.45, 2.75) is 63.3 Å². The predicted octanol–water partition coefficient (Wildman–Crippen LogP) is 2.76. The molecule has 1 aromatic carbocycles. The SMILES string of the molecule is O=C(CN1Cc2ccc(-c3nc(NC4CCOCC4)ncc3Cl)cc2C1=O)N[C@@H]1CCCC[C@@H]1O. The molecular formula is C25H30ClN5O4. The third kappa shape index (κ3) is 5.42. The van der Waals surface area contributed by atoms with E-state index in [1.165, 1.54) is 4.90 Å². The zero-order chi connectivity index (χ0) is 24.4. The van der Waals surface area contributed by atoms with Crippen LogP contribution in [0.4, 0.5) is 5.95 Å². The Hall–Kier alpha value is -2.75. The van der Waals surface area contributed by atoms with Crippen molar-refractivity contribution in [3.8, 4) is 11.3 Å². The van der Waals surface area contributed by atoms with E-state index in [-0.39, 0.29) is 30.4 Å². The van der Waals surface area contributed by atoms with Crippen molar-refractivity contribution in [1.82, 2.24) is 20.2 Å². The quantitative estimate of drug-likeness (QED) is 0.559. The Kier molecular flexibility index (Phi) is 7.17. The van der Waals surface area contributed by atoms with Crippen molar-refractivity contribution in [1.29, 1.82) is 0 Å². The molecule has 5 rings (SSSR count). The van der Waals surface area contributed by atoms with Gasteiger partial charge in [0.05, 0.1) is 29.1 Å². The zero-order valence-electron chi connectivity index (χ0n) is 19.5. The van der Waals surface area contributed by atoms with Crippen LogP contribution in [0.5, 0.6) is 0 Å². The molecule has 10 heteroatoms. The number of carbonyl (C=O) groups excluding carboxylic acids is 2. The van der Waals surface area contributed by atoms with Crippen LogP contribution in [0.25, 0.3) is 11.3 Å². The minimum absolute atomic E-state index is 0.0422. The highest BCUT2D eigenvalue weighted by atomic mass is 35.5. The van der Waals surface area contributed by atoms with Gasteiger partial charge in [0.2, 0.25) is 11.9 Å². The fourth-order valence-electron chi connectivity index (χ4n) is 5.01. The lowest BCUT2D eigenvalue weighted by Crippen LogP contribution is -2.48. The maximum atomic E-state index is 13.1. The van der Waals surface area contributed by atoms with Gasteiger partial charge in [-0.25, -0.2) is 9.97 Å². The first-order valence-electron chi connectivity index (χ1n) is 12.2. The molecule has 2 fully saturated rings. The Morgan fingerprint density at radius 3 is 2.80 bits per heavy atom. The topological polar surface area (TPSA) is 117 Å². The Bertz CT molecular complexity index is 1110. The van der Waals surface area contributed by atoms with Crippen LogP contribution in [0, 0.1) is 0 Å². The van der Waals surface area contributed by atoms with Gasteiger partial charge in [0.25, 0.3) is 5.91 Å². The fraction of sp³-hybridized carbons (Fsp3) is 0.520. The van der Waals surface area contributed by atoms with Crippen molar-refractivity contribution >= 4 is 29.4 Å². The Balaban J connectivity index is 1.28. The van der Waals surface area contributed by atoms with E-state index in [0.29, 0.717) is 48.4 Å². The molecule has 0 spiro atoms. The lowest BCUT2D eigenvalue weighted by atomic mass is 9.92. The number of nitrogens with one attached hydrogen (secondary N) is 2. The number of halogens is 1. The molecule has 1 aromatic heterocycles. The Labute approximate surface area is 209 Å². The summed E-state index contributed by atoms with van der Waals surface area (Å²) < 4.78 is 5.40. The summed E-state index contributed by atoms with van der Waals surface area (Å²) in [5.74, 6) is 0.0400. The number of hydrogen-bond acceptors (Lipinski definition) is 7. The summed E-state index contributed by atoms with van der Waals surface area (Å²) in [6.07, 6.45) is 6.22. The Morgan fingerprint density at radius 2 is 2.00 bits per heavy atom. The van der Waals surface area contributed by atoms with Crippen molar-refractivity contribution in [3.63, 3.8) is 0 Å². The highest BCUT2D eigenvalue weighted by molar-refractivity contribution is 6.33. The van der Waals surface area contributed by atoms with Gasteiger partial charge >= 0.3 is 0 Å². The van der Waals surface area contributed by atoms with Crippen LogP contribution in [0.15, 0.2) is 24.4 Å². The second-order valence-corrected chi connectivity index (χ2v) is 9.89. The van der Waals surface area contributed by atoms with Gasteiger partial charge in [-0.15, -0.1) is 0 Å². The summed E-state index contributed by atoms with van der Waals surface area (Å²) in [5, 5.41) is 16.8. The van der Waals surface area contributed by atoms with Gasteiger partial charge in [-0.05, 0) is 37.3 Å². The molecule has 2 aromatic rings. The highest BCUT2D eigenvalue weighted by Crippen LogP contribution is 2.31. The van der Waals surface area contributed by atoms with Crippen LogP contribution in [-0.4, -0.2) is 69.7 Å². The molecule has 0 unspecified atom stereocenters. The second kappa shape index (κ2) is 10.5. The smallest absolute Gasteiger partial charge is 0.254 e. The number of aliphatic hydroxyl groups excluding tert-OH is 1. The first-order valence-corrected chi connectivity index (χ1v) is 12.6. The van der Waals surface area contributed by atoms with E-state index in [1.54, 1.807) is 12.3 Å². The van der Waals surface area contributed by atoms with Crippen LogP contribution in [0.1, 0.15) is 54.4 Å². The Morgan fingerprint density at radius 1 is 1.20 bits per heavy atom. The minimum atomic E-state index is -0.523. The number of amides is 2. The summed E-state index contributed by atoms with van der Waals surface area (Å²) in [6.45, 7) is 1.74. The number of hydrogen-bond donors (Lipinski definition) is 3. The van der Waals surface area contributed by atoms with Gasteiger partial charge < -0.3 is 25.4 Å². The molecule has 1 saturated heterocycles. The lowest BCUT2D eigenvalue weighted by molar-refractivity contribution is -0.123. The van der Waals surface area contributed by atoms with E-state index in [0.717, 1.165) is 43.2 Å². The van der Waals surface area contributed by atoms with E-state index in [4.69, 9.17) is 16.3 Å². The molecule has 1 aliphatic carbocycles. The molecule has 0 bridgehead atoms. The molecule has 3 heterocycles. The van der Waals surface area contributed by atoms with E-state index in [2.05, 4.69) is 20.6 Å². The summed E-state index contributed by atoms with van der Waals surface area (Å²) >= 11 is 6.42. The van der Waals surface area contributed by atoms with E-state index in [1.807, 2.05) is 12.1 Å². The number of rotatable bonds is 6. The molecule has 3 N–H and O–H groups in total. The predicted molar refractivity (Wildman–Crippen MR) is 131 cm³/mol. The molecule has 2 amide bonds. The van der Waals surface area contributed by atoms with Crippen molar-refractivity contribution in [2.75, 3.05) is 25.1 Å². The van der Waals surface area contributed by atoms with Gasteiger partial charge in [-0.2, -0.15) is 0 Å².